The van der Waals surface area contributed by atoms with E-state index in [0.29, 0.717) is 24.3 Å². The lowest BCUT2D eigenvalue weighted by atomic mass is 9.87. The SMILES string of the molecule is COC(=O)COc1nc(-c2ccccc2)c2c(c1C#N)CC(C)(C)OC2. The van der Waals surface area contributed by atoms with Crippen LogP contribution in [0.15, 0.2) is 30.3 Å². The van der Waals surface area contributed by atoms with Gasteiger partial charge in [0, 0.05) is 17.5 Å². The standard InChI is InChI=1S/C20H20N2O4/c1-20(2)9-14-15(10-21)19(25-12-17(23)24-3)22-18(16(14)11-26-20)13-7-5-4-6-8-13/h4-8H,9,11-12H2,1-3H3. The predicted octanol–water partition coefficient (Wildman–Crippen LogP) is 3.02. The van der Waals surface area contributed by atoms with Crippen molar-refractivity contribution in [3.05, 3.63) is 47.0 Å². The topological polar surface area (TPSA) is 81.4 Å². The van der Waals surface area contributed by atoms with Gasteiger partial charge >= 0.3 is 5.97 Å². The Morgan fingerprint density at radius 2 is 2.04 bits per heavy atom. The highest BCUT2D eigenvalue weighted by Crippen LogP contribution is 2.38. The van der Waals surface area contributed by atoms with Crippen LogP contribution < -0.4 is 4.74 Å². The number of carbonyl (C=O) groups is 1. The molecule has 0 radical (unpaired) electrons. The summed E-state index contributed by atoms with van der Waals surface area (Å²) in [5.74, 6) is -0.383. The summed E-state index contributed by atoms with van der Waals surface area (Å²) in [6.45, 7) is 4.03. The van der Waals surface area contributed by atoms with Crippen molar-refractivity contribution < 1.29 is 19.0 Å². The lowest BCUT2D eigenvalue weighted by molar-refractivity contribution is -0.143. The number of fused-ring (bicyclic) bond motifs is 1. The van der Waals surface area contributed by atoms with Crippen LogP contribution in [0.5, 0.6) is 5.88 Å². The summed E-state index contributed by atoms with van der Waals surface area (Å²) in [4.78, 5) is 16.0. The molecule has 1 aromatic carbocycles. The Morgan fingerprint density at radius 3 is 2.69 bits per heavy atom. The van der Waals surface area contributed by atoms with Gasteiger partial charge in [0.25, 0.3) is 0 Å². The number of nitrogens with zero attached hydrogens (tertiary/aromatic N) is 2. The van der Waals surface area contributed by atoms with Crippen LogP contribution in [0.1, 0.15) is 30.5 Å². The van der Waals surface area contributed by atoms with E-state index in [9.17, 15) is 10.1 Å². The summed E-state index contributed by atoms with van der Waals surface area (Å²) >= 11 is 0. The highest BCUT2D eigenvalue weighted by molar-refractivity contribution is 5.72. The number of hydrogen-bond acceptors (Lipinski definition) is 6. The van der Waals surface area contributed by atoms with Gasteiger partial charge in [-0.3, -0.25) is 0 Å². The fourth-order valence-electron chi connectivity index (χ4n) is 2.98. The fraction of sp³-hybridized carbons (Fsp3) is 0.350. The fourth-order valence-corrected chi connectivity index (χ4v) is 2.98. The summed E-state index contributed by atoms with van der Waals surface area (Å²) in [7, 11) is 1.28. The van der Waals surface area contributed by atoms with Gasteiger partial charge in [-0.1, -0.05) is 30.3 Å². The molecule has 1 aromatic heterocycles. The van der Waals surface area contributed by atoms with Crippen molar-refractivity contribution in [3.63, 3.8) is 0 Å². The van der Waals surface area contributed by atoms with Crippen LogP contribution in [0.2, 0.25) is 0 Å². The molecule has 0 atom stereocenters. The van der Waals surface area contributed by atoms with E-state index in [4.69, 9.17) is 9.47 Å². The van der Waals surface area contributed by atoms with Crippen LogP contribution in [0.3, 0.4) is 0 Å². The minimum absolute atomic E-state index is 0.146. The average molecular weight is 352 g/mol. The zero-order chi connectivity index (χ0) is 18.7. The third-order valence-electron chi connectivity index (χ3n) is 4.30. The maximum Gasteiger partial charge on any atom is 0.343 e. The first kappa shape index (κ1) is 17.9. The van der Waals surface area contributed by atoms with Crippen molar-refractivity contribution in [2.45, 2.75) is 32.5 Å². The number of methoxy groups -OCH3 is 1. The largest absolute Gasteiger partial charge is 0.466 e. The summed E-state index contributed by atoms with van der Waals surface area (Å²) in [6.07, 6.45) is 0.558. The van der Waals surface area contributed by atoms with Crippen LogP contribution in [0.4, 0.5) is 0 Å². The number of hydrogen-bond donors (Lipinski definition) is 0. The Balaban J connectivity index is 2.16. The average Bonchev–Trinajstić information content (AvgIpc) is 2.64. The first-order valence-corrected chi connectivity index (χ1v) is 8.30. The molecule has 2 heterocycles. The second kappa shape index (κ2) is 7.14. The minimum atomic E-state index is -0.529. The van der Waals surface area contributed by atoms with Crippen molar-refractivity contribution in [2.75, 3.05) is 13.7 Å². The number of aromatic nitrogens is 1. The Labute approximate surface area is 152 Å². The summed E-state index contributed by atoms with van der Waals surface area (Å²) in [6, 6.07) is 11.8. The number of carbonyl (C=O) groups excluding carboxylic acids is 1. The van der Waals surface area contributed by atoms with E-state index in [1.54, 1.807) is 0 Å². The molecular formula is C20H20N2O4. The first-order chi connectivity index (χ1) is 12.4. The molecule has 0 aliphatic carbocycles. The maximum absolute atomic E-state index is 11.5. The molecule has 0 spiro atoms. The third-order valence-corrected chi connectivity index (χ3v) is 4.30. The van der Waals surface area contributed by atoms with Crippen molar-refractivity contribution >= 4 is 5.97 Å². The van der Waals surface area contributed by atoms with Crippen molar-refractivity contribution in [1.82, 2.24) is 4.98 Å². The summed E-state index contributed by atoms with van der Waals surface area (Å²) in [5.41, 5.74) is 3.30. The molecule has 6 heteroatoms. The summed E-state index contributed by atoms with van der Waals surface area (Å²) < 4.78 is 16.1. The van der Waals surface area contributed by atoms with Gasteiger partial charge in [0.1, 0.15) is 11.6 Å². The lowest BCUT2D eigenvalue weighted by Crippen LogP contribution is -2.33. The Bertz CT molecular complexity index is 870. The van der Waals surface area contributed by atoms with Crippen LogP contribution >= 0.6 is 0 Å². The van der Waals surface area contributed by atoms with Gasteiger partial charge in [-0.2, -0.15) is 5.26 Å². The van der Waals surface area contributed by atoms with Gasteiger partial charge < -0.3 is 14.2 Å². The van der Waals surface area contributed by atoms with Gasteiger partial charge in [0.15, 0.2) is 6.61 Å². The number of esters is 1. The van der Waals surface area contributed by atoms with Gasteiger partial charge in [-0.15, -0.1) is 0 Å². The zero-order valence-electron chi connectivity index (χ0n) is 15.0. The van der Waals surface area contributed by atoms with E-state index in [0.717, 1.165) is 16.7 Å². The molecule has 0 amide bonds. The normalized spacial score (nSPS) is 14.8. The van der Waals surface area contributed by atoms with Crippen LogP contribution in [0, 0.1) is 11.3 Å². The molecule has 0 N–H and O–H groups in total. The summed E-state index contributed by atoms with van der Waals surface area (Å²) in [5, 5.41) is 9.70. The molecule has 0 saturated carbocycles. The van der Waals surface area contributed by atoms with Crippen LogP contribution in [-0.4, -0.2) is 30.3 Å². The van der Waals surface area contributed by atoms with Gasteiger partial charge in [0.05, 0.1) is 25.0 Å². The highest BCUT2D eigenvalue weighted by atomic mass is 16.6. The lowest BCUT2D eigenvalue weighted by Gasteiger charge is -2.33. The monoisotopic (exact) mass is 352 g/mol. The van der Waals surface area contributed by atoms with E-state index in [2.05, 4.69) is 15.8 Å². The zero-order valence-corrected chi connectivity index (χ0v) is 15.0. The maximum atomic E-state index is 11.5. The van der Waals surface area contributed by atoms with E-state index in [-0.39, 0.29) is 12.5 Å². The molecule has 0 unspecified atom stereocenters. The highest BCUT2D eigenvalue weighted by Gasteiger charge is 2.32. The molecule has 0 fully saturated rings. The van der Waals surface area contributed by atoms with Gasteiger partial charge in [-0.25, -0.2) is 9.78 Å². The van der Waals surface area contributed by atoms with Crippen molar-refractivity contribution in [2.24, 2.45) is 0 Å². The van der Waals surface area contributed by atoms with Gasteiger partial charge in [0.2, 0.25) is 5.88 Å². The molecule has 3 rings (SSSR count). The molecule has 0 saturated heterocycles. The molecule has 1 aliphatic rings. The number of nitriles is 1. The van der Waals surface area contributed by atoms with E-state index in [1.807, 2.05) is 44.2 Å². The number of rotatable bonds is 4. The third kappa shape index (κ3) is 3.53. The predicted molar refractivity (Wildman–Crippen MR) is 94.5 cm³/mol. The quantitative estimate of drug-likeness (QED) is 0.787. The Kier molecular flexibility index (Phi) is 4.92. The number of ether oxygens (including phenoxy) is 3. The first-order valence-electron chi connectivity index (χ1n) is 8.30. The second-order valence-electron chi connectivity index (χ2n) is 6.67. The Morgan fingerprint density at radius 1 is 1.31 bits per heavy atom. The van der Waals surface area contributed by atoms with Crippen molar-refractivity contribution in [1.29, 1.82) is 5.26 Å². The van der Waals surface area contributed by atoms with Crippen LogP contribution in [-0.2, 0) is 27.3 Å². The van der Waals surface area contributed by atoms with E-state index in [1.165, 1.54) is 7.11 Å². The van der Waals surface area contributed by atoms with E-state index >= 15 is 0 Å². The molecule has 0 bridgehead atoms. The number of benzene rings is 1. The molecule has 6 nitrogen and oxygen atoms in total. The minimum Gasteiger partial charge on any atom is -0.466 e. The number of pyridine rings is 1. The second-order valence-corrected chi connectivity index (χ2v) is 6.67. The smallest absolute Gasteiger partial charge is 0.343 e. The molecule has 2 aromatic rings. The van der Waals surface area contributed by atoms with Gasteiger partial charge in [-0.05, 0) is 19.4 Å². The van der Waals surface area contributed by atoms with Crippen molar-refractivity contribution in [3.8, 4) is 23.2 Å². The molecular weight excluding hydrogens is 332 g/mol. The Hall–Kier alpha value is -2.91. The molecule has 26 heavy (non-hydrogen) atoms. The van der Waals surface area contributed by atoms with E-state index < -0.39 is 11.6 Å². The molecule has 1 aliphatic heterocycles. The van der Waals surface area contributed by atoms with Crippen LogP contribution in [0.25, 0.3) is 11.3 Å². The molecule has 134 valence electrons.